The van der Waals surface area contributed by atoms with Crippen LogP contribution in [0.2, 0.25) is 0 Å². The summed E-state index contributed by atoms with van der Waals surface area (Å²) in [4.78, 5) is 4.25. The van der Waals surface area contributed by atoms with Crippen LogP contribution in [0.15, 0.2) is 12.1 Å². The van der Waals surface area contributed by atoms with Gasteiger partial charge in [0.1, 0.15) is 0 Å². The van der Waals surface area contributed by atoms with Crippen molar-refractivity contribution in [2.75, 3.05) is 14.2 Å². The second kappa shape index (κ2) is 4.69. The molecule has 1 saturated heterocycles. The second-order valence-corrected chi connectivity index (χ2v) is 5.54. The van der Waals surface area contributed by atoms with Crippen LogP contribution in [0.3, 0.4) is 0 Å². The summed E-state index contributed by atoms with van der Waals surface area (Å²) >= 11 is 0. The molecule has 0 aromatic carbocycles. The Morgan fingerprint density at radius 1 is 1.00 bits per heavy atom. The maximum absolute atomic E-state index is 5.98. The fraction of sp³-hybridized carbons (Fsp3) is 0.615. The fourth-order valence-corrected chi connectivity index (χ4v) is 1.86. The summed E-state index contributed by atoms with van der Waals surface area (Å²) in [5.41, 5.74) is -0.00691. The Hall–Kier alpha value is -1.27. The lowest BCUT2D eigenvalue weighted by molar-refractivity contribution is 0.00578. The average Bonchev–Trinajstić information content (AvgIpc) is 2.57. The first-order valence-corrected chi connectivity index (χ1v) is 6.25. The third-order valence-corrected chi connectivity index (χ3v) is 3.77. The third kappa shape index (κ3) is 2.42. The van der Waals surface area contributed by atoms with Crippen molar-refractivity contribution in [3.8, 4) is 11.8 Å². The van der Waals surface area contributed by atoms with Crippen LogP contribution in [-0.2, 0) is 9.31 Å². The molecule has 0 atom stereocenters. The molecule has 0 bridgehead atoms. The first-order chi connectivity index (χ1) is 8.80. The Kier molecular flexibility index (Phi) is 3.49. The smallest absolute Gasteiger partial charge is 0.481 e. The molecule has 1 aromatic heterocycles. The van der Waals surface area contributed by atoms with Gasteiger partial charge in [-0.1, -0.05) is 6.07 Å². The van der Waals surface area contributed by atoms with Gasteiger partial charge in [-0.05, 0) is 27.7 Å². The molecule has 5 nitrogen and oxygen atoms in total. The molecule has 1 aromatic rings. The highest BCUT2D eigenvalue weighted by atomic mass is 16.7. The SMILES string of the molecule is COc1ccc(B2OC(C)(C)C(C)(C)O2)c(OC)n1. The summed E-state index contributed by atoms with van der Waals surface area (Å²) in [5.74, 6) is 0.954. The molecule has 6 heteroatoms. The Bertz CT molecular complexity index is 460. The van der Waals surface area contributed by atoms with Crippen molar-refractivity contribution in [1.82, 2.24) is 4.98 Å². The number of aromatic nitrogens is 1. The highest BCUT2D eigenvalue weighted by Gasteiger charge is 2.52. The standard InChI is InChI=1S/C13H20BNO4/c1-12(2)13(3,4)19-14(18-12)9-7-8-10(16-5)15-11(9)17-6/h7-8H,1-6H3. The lowest BCUT2D eigenvalue weighted by Gasteiger charge is -2.32. The van der Waals surface area contributed by atoms with E-state index >= 15 is 0 Å². The number of rotatable bonds is 3. The Balaban J connectivity index is 2.34. The third-order valence-electron chi connectivity index (χ3n) is 3.77. The summed E-state index contributed by atoms with van der Waals surface area (Å²) in [5, 5.41) is 0. The molecule has 1 fully saturated rings. The number of nitrogens with zero attached hydrogens (tertiary/aromatic N) is 1. The van der Waals surface area contributed by atoms with Crippen LogP contribution in [0.25, 0.3) is 0 Å². The predicted molar refractivity (Wildman–Crippen MR) is 73.1 cm³/mol. The molecule has 1 aliphatic heterocycles. The normalized spacial score (nSPS) is 20.4. The van der Waals surface area contributed by atoms with Crippen LogP contribution in [0.4, 0.5) is 0 Å². The number of hydrogen-bond donors (Lipinski definition) is 0. The van der Waals surface area contributed by atoms with E-state index in [0.29, 0.717) is 11.8 Å². The molecule has 1 aliphatic rings. The van der Waals surface area contributed by atoms with Crippen molar-refractivity contribution in [3.63, 3.8) is 0 Å². The van der Waals surface area contributed by atoms with E-state index in [9.17, 15) is 0 Å². The maximum atomic E-state index is 5.98. The molecule has 0 aliphatic carbocycles. The van der Waals surface area contributed by atoms with Gasteiger partial charge >= 0.3 is 7.12 Å². The highest BCUT2D eigenvalue weighted by Crippen LogP contribution is 2.37. The minimum atomic E-state index is -0.488. The Morgan fingerprint density at radius 3 is 2.05 bits per heavy atom. The predicted octanol–water partition coefficient (Wildman–Crippen LogP) is 1.40. The minimum Gasteiger partial charge on any atom is -0.481 e. The summed E-state index contributed by atoms with van der Waals surface area (Å²) in [6.07, 6.45) is 0. The fourth-order valence-electron chi connectivity index (χ4n) is 1.86. The van der Waals surface area contributed by atoms with Gasteiger partial charge in [-0.3, -0.25) is 0 Å². The summed E-state index contributed by atoms with van der Waals surface area (Å²) < 4.78 is 22.3. The van der Waals surface area contributed by atoms with Gasteiger partial charge < -0.3 is 18.8 Å². The van der Waals surface area contributed by atoms with Crippen LogP contribution in [-0.4, -0.2) is 37.5 Å². The Labute approximate surface area is 114 Å². The van der Waals surface area contributed by atoms with Gasteiger partial charge in [0.05, 0.1) is 25.4 Å². The summed E-state index contributed by atoms with van der Waals surface area (Å²) in [6.45, 7) is 8.04. The van der Waals surface area contributed by atoms with Crippen LogP contribution in [0.1, 0.15) is 27.7 Å². The van der Waals surface area contributed by atoms with Crippen LogP contribution >= 0.6 is 0 Å². The van der Waals surface area contributed by atoms with Gasteiger partial charge in [0.25, 0.3) is 0 Å². The summed E-state index contributed by atoms with van der Waals surface area (Å²) in [6, 6.07) is 3.62. The number of hydrogen-bond acceptors (Lipinski definition) is 5. The molecule has 0 N–H and O–H groups in total. The zero-order chi connectivity index (χ0) is 14.3. The van der Waals surface area contributed by atoms with E-state index in [0.717, 1.165) is 5.46 Å². The number of methoxy groups -OCH3 is 2. The Morgan fingerprint density at radius 2 is 1.58 bits per heavy atom. The highest BCUT2D eigenvalue weighted by molar-refractivity contribution is 6.63. The first-order valence-electron chi connectivity index (χ1n) is 6.25. The topological polar surface area (TPSA) is 49.8 Å². The van der Waals surface area contributed by atoms with Gasteiger partial charge in [0, 0.05) is 11.5 Å². The van der Waals surface area contributed by atoms with Crippen molar-refractivity contribution in [2.45, 2.75) is 38.9 Å². The molecule has 2 heterocycles. The summed E-state index contributed by atoms with van der Waals surface area (Å²) in [7, 11) is 2.64. The molecule has 19 heavy (non-hydrogen) atoms. The van der Waals surface area contributed by atoms with Gasteiger partial charge in [0.15, 0.2) is 0 Å². The zero-order valence-electron chi connectivity index (χ0n) is 12.3. The number of pyridine rings is 1. The van der Waals surface area contributed by atoms with Gasteiger partial charge in [-0.15, -0.1) is 0 Å². The van der Waals surface area contributed by atoms with Crippen molar-refractivity contribution in [1.29, 1.82) is 0 Å². The van der Waals surface area contributed by atoms with Crippen LogP contribution in [0, 0.1) is 0 Å². The van der Waals surface area contributed by atoms with Crippen molar-refractivity contribution in [3.05, 3.63) is 12.1 Å². The number of ether oxygens (including phenoxy) is 2. The van der Waals surface area contributed by atoms with Crippen LogP contribution in [0.5, 0.6) is 11.8 Å². The van der Waals surface area contributed by atoms with E-state index in [1.165, 1.54) is 0 Å². The van der Waals surface area contributed by atoms with E-state index in [-0.39, 0.29) is 11.2 Å². The van der Waals surface area contributed by atoms with E-state index in [2.05, 4.69) is 4.98 Å². The van der Waals surface area contributed by atoms with Gasteiger partial charge in [0.2, 0.25) is 11.8 Å². The maximum Gasteiger partial charge on any atom is 0.500 e. The molecule has 0 unspecified atom stereocenters. The zero-order valence-corrected chi connectivity index (χ0v) is 12.3. The van der Waals surface area contributed by atoms with Gasteiger partial charge in [-0.2, -0.15) is 4.98 Å². The largest absolute Gasteiger partial charge is 0.500 e. The van der Waals surface area contributed by atoms with E-state index < -0.39 is 7.12 Å². The molecular formula is C13H20BNO4. The van der Waals surface area contributed by atoms with Crippen LogP contribution < -0.4 is 14.9 Å². The van der Waals surface area contributed by atoms with Crippen molar-refractivity contribution < 1.29 is 18.8 Å². The molecule has 0 spiro atoms. The quantitative estimate of drug-likeness (QED) is 0.773. The minimum absolute atomic E-state index is 0.386. The molecule has 0 saturated carbocycles. The molecule has 0 radical (unpaired) electrons. The van der Waals surface area contributed by atoms with E-state index in [4.69, 9.17) is 18.8 Å². The lowest BCUT2D eigenvalue weighted by Crippen LogP contribution is -2.41. The van der Waals surface area contributed by atoms with E-state index in [1.54, 1.807) is 20.3 Å². The first kappa shape index (κ1) is 14.2. The average molecular weight is 265 g/mol. The molecular weight excluding hydrogens is 245 g/mol. The lowest BCUT2D eigenvalue weighted by atomic mass is 9.80. The molecule has 104 valence electrons. The molecule has 0 amide bonds. The monoisotopic (exact) mass is 265 g/mol. The van der Waals surface area contributed by atoms with E-state index in [1.807, 2.05) is 33.8 Å². The second-order valence-electron chi connectivity index (χ2n) is 5.54. The van der Waals surface area contributed by atoms with Crippen molar-refractivity contribution >= 4 is 12.6 Å². The van der Waals surface area contributed by atoms with Gasteiger partial charge in [-0.25, -0.2) is 0 Å². The molecule has 2 rings (SSSR count). The van der Waals surface area contributed by atoms with Crippen molar-refractivity contribution in [2.24, 2.45) is 0 Å².